The minimum absolute atomic E-state index is 0.0634. The molecule has 20 heavy (non-hydrogen) atoms. The number of nitrogens with zero attached hydrogens (tertiary/aromatic N) is 1. The molecule has 0 spiro atoms. The third kappa shape index (κ3) is 4.28. The average Bonchev–Trinajstić information content (AvgIpc) is 2.92. The number of carbonyl (C=O) groups is 2. The van der Waals surface area contributed by atoms with Crippen molar-refractivity contribution in [2.75, 3.05) is 19.7 Å². The molecule has 0 radical (unpaired) electrons. The highest BCUT2D eigenvalue weighted by atomic mass is 16.6. The number of carbonyl (C=O) groups excluding carboxylic acids is 2. The number of rotatable bonds is 3. The maximum absolute atomic E-state index is 11.9. The van der Waals surface area contributed by atoms with Crippen molar-refractivity contribution in [3.05, 3.63) is 0 Å². The molecule has 0 aromatic heterocycles. The van der Waals surface area contributed by atoms with E-state index in [4.69, 9.17) is 4.74 Å². The van der Waals surface area contributed by atoms with E-state index in [1.807, 2.05) is 0 Å². The summed E-state index contributed by atoms with van der Waals surface area (Å²) in [6, 6.07) is 0.434. The van der Waals surface area contributed by atoms with Crippen LogP contribution in [-0.2, 0) is 4.74 Å². The largest absolute Gasteiger partial charge is 0.450 e. The van der Waals surface area contributed by atoms with Gasteiger partial charge in [-0.25, -0.2) is 9.59 Å². The summed E-state index contributed by atoms with van der Waals surface area (Å²) in [5.41, 5.74) is 0. The first-order valence-corrected chi connectivity index (χ1v) is 7.67. The van der Waals surface area contributed by atoms with E-state index in [-0.39, 0.29) is 18.2 Å². The topological polar surface area (TPSA) is 70.7 Å². The number of likely N-dealkylation sites (tertiary alicyclic amines) is 1. The van der Waals surface area contributed by atoms with E-state index in [1.165, 1.54) is 12.8 Å². The molecule has 1 saturated carbocycles. The smallest absolute Gasteiger partial charge is 0.409 e. The molecule has 6 nitrogen and oxygen atoms in total. The highest BCUT2D eigenvalue weighted by Crippen LogP contribution is 2.17. The molecule has 2 aliphatic rings. The number of hydrogen-bond donors (Lipinski definition) is 2. The van der Waals surface area contributed by atoms with Crippen LogP contribution in [0.5, 0.6) is 0 Å². The summed E-state index contributed by atoms with van der Waals surface area (Å²) in [7, 11) is 0. The Morgan fingerprint density at radius 1 is 1.05 bits per heavy atom. The third-order valence-electron chi connectivity index (χ3n) is 4.05. The molecule has 0 atom stereocenters. The van der Waals surface area contributed by atoms with Crippen LogP contribution in [0.4, 0.5) is 9.59 Å². The van der Waals surface area contributed by atoms with Gasteiger partial charge in [-0.1, -0.05) is 12.8 Å². The van der Waals surface area contributed by atoms with E-state index in [2.05, 4.69) is 10.6 Å². The average molecular weight is 283 g/mol. The minimum Gasteiger partial charge on any atom is -0.450 e. The Kier molecular flexibility index (Phi) is 5.49. The Morgan fingerprint density at radius 2 is 1.60 bits per heavy atom. The van der Waals surface area contributed by atoms with Gasteiger partial charge in [-0.05, 0) is 32.6 Å². The number of ether oxygens (including phenoxy) is 1. The number of amides is 3. The molecule has 1 aliphatic carbocycles. The number of nitrogens with one attached hydrogen (secondary N) is 2. The predicted octanol–water partition coefficient (Wildman–Crippen LogP) is 1.85. The van der Waals surface area contributed by atoms with Gasteiger partial charge in [0.15, 0.2) is 0 Å². The van der Waals surface area contributed by atoms with Gasteiger partial charge in [0.05, 0.1) is 6.61 Å². The molecule has 0 bridgehead atoms. The van der Waals surface area contributed by atoms with Crippen molar-refractivity contribution in [3.63, 3.8) is 0 Å². The summed E-state index contributed by atoms with van der Waals surface area (Å²) in [6.07, 6.45) is 5.93. The zero-order chi connectivity index (χ0) is 14.4. The van der Waals surface area contributed by atoms with Crippen LogP contribution >= 0.6 is 0 Å². The quantitative estimate of drug-likeness (QED) is 0.830. The molecule has 0 aromatic carbocycles. The van der Waals surface area contributed by atoms with E-state index in [0.29, 0.717) is 25.7 Å². The summed E-state index contributed by atoms with van der Waals surface area (Å²) in [6.45, 7) is 3.50. The number of urea groups is 1. The second kappa shape index (κ2) is 7.36. The van der Waals surface area contributed by atoms with E-state index >= 15 is 0 Å². The van der Waals surface area contributed by atoms with Crippen molar-refractivity contribution in [1.29, 1.82) is 0 Å². The highest BCUT2D eigenvalue weighted by Gasteiger charge is 2.25. The van der Waals surface area contributed by atoms with E-state index in [0.717, 1.165) is 25.7 Å². The van der Waals surface area contributed by atoms with Gasteiger partial charge in [0.1, 0.15) is 0 Å². The van der Waals surface area contributed by atoms with Crippen molar-refractivity contribution < 1.29 is 14.3 Å². The molecular formula is C14H25N3O3. The van der Waals surface area contributed by atoms with E-state index < -0.39 is 0 Å². The molecule has 1 saturated heterocycles. The van der Waals surface area contributed by atoms with Crippen molar-refractivity contribution >= 4 is 12.1 Å². The van der Waals surface area contributed by atoms with Gasteiger partial charge in [0.2, 0.25) is 0 Å². The minimum atomic E-state index is -0.249. The lowest BCUT2D eigenvalue weighted by Crippen LogP contribution is -2.50. The molecule has 0 unspecified atom stereocenters. The molecule has 0 aromatic rings. The van der Waals surface area contributed by atoms with Gasteiger partial charge in [-0.3, -0.25) is 0 Å². The van der Waals surface area contributed by atoms with Crippen molar-refractivity contribution in [2.45, 2.75) is 57.5 Å². The monoisotopic (exact) mass is 283 g/mol. The molecule has 1 heterocycles. The first-order chi connectivity index (χ1) is 9.69. The molecule has 1 aliphatic heterocycles. The summed E-state index contributed by atoms with van der Waals surface area (Å²) in [5, 5.41) is 6.03. The molecule has 2 rings (SSSR count). The third-order valence-corrected chi connectivity index (χ3v) is 4.05. The molecular weight excluding hydrogens is 258 g/mol. The SMILES string of the molecule is CCOC(=O)N1CCC(NC(=O)NC2CCCC2)CC1. The fourth-order valence-electron chi connectivity index (χ4n) is 2.90. The normalized spacial score (nSPS) is 20.8. The van der Waals surface area contributed by atoms with Gasteiger partial charge < -0.3 is 20.3 Å². The van der Waals surface area contributed by atoms with Crippen LogP contribution in [0, 0.1) is 0 Å². The lowest BCUT2D eigenvalue weighted by Gasteiger charge is -2.31. The summed E-state index contributed by atoms with van der Waals surface area (Å²) >= 11 is 0. The first-order valence-electron chi connectivity index (χ1n) is 7.67. The summed E-state index contributed by atoms with van der Waals surface area (Å²) < 4.78 is 4.97. The van der Waals surface area contributed by atoms with E-state index in [1.54, 1.807) is 11.8 Å². The second-order valence-electron chi connectivity index (χ2n) is 5.56. The Balaban J connectivity index is 1.65. The standard InChI is InChI=1S/C14H25N3O3/c1-2-20-14(19)17-9-7-12(8-10-17)16-13(18)15-11-5-3-4-6-11/h11-12H,2-10H2,1H3,(H2,15,16,18). The van der Waals surface area contributed by atoms with Crippen LogP contribution in [0.3, 0.4) is 0 Å². The highest BCUT2D eigenvalue weighted by molar-refractivity contribution is 5.74. The van der Waals surface area contributed by atoms with Crippen LogP contribution < -0.4 is 10.6 Å². The van der Waals surface area contributed by atoms with E-state index in [9.17, 15) is 9.59 Å². The lowest BCUT2D eigenvalue weighted by atomic mass is 10.1. The van der Waals surface area contributed by atoms with Gasteiger partial charge in [-0.15, -0.1) is 0 Å². The lowest BCUT2D eigenvalue weighted by molar-refractivity contribution is 0.0957. The summed E-state index contributed by atoms with van der Waals surface area (Å²) in [4.78, 5) is 25.1. The zero-order valence-corrected chi connectivity index (χ0v) is 12.2. The van der Waals surface area contributed by atoms with Crippen molar-refractivity contribution in [1.82, 2.24) is 15.5 Å². The van der Waals surface area contributed by atoms with Crippen LogP contribution in [0.25, 0.3) is 0 Å². The van der Waals surface area contributed by atoms with Crippen molar-refractivity contribution in [3.8, 4) is 0 Å². The van der Waals surface area contributed by atoms with Gasteiger partial charge in [0, 0.05) is 25.2 Å². The van der Waals surface area contributed by atoms with Gasteiger partial charge >= 0.3 is 12.1 Å². The molecule has 2 fully saturated rings. The van der Waals surface area contributed by atoms with Crippen LogP contribution in [0.15, 0.2) is 0 Å². The Morgan fingerprint density at radius 3 is 2.15 bits per heavy atom. The maximum atomic E-state index is 11.9. The Labute approximate surface area is 120 Å². The van der Waals surface area contributed by atoms with Gasteiger partial charge in [0.25, 0.3) is 0 Å². The first kappa shape index (κ1) is 14.9. The summed E-state index contributed by atoms with van der Waals surface area (Å²) in [5.74, 6) is 0. The maximum Gasteiger partial charge on any atom is 0.409 e. The van der Waals surface area contributed by atoms with Gasteiger partial charge in [-0.2, -0.15) is 0 Å². The van der Waals surface area contributed by atoms with Crippen LogP contribution in [0.2, 0.25) is 0 Å². The van der Waals surface area contributed by atoms with Crippen molar-refractivity contribution in [2.24, 2.45) is 0 Å². The molecule has 6 heteroatoms. The Hall–Kier alpha value is -1.46. The number of piperidine rings is 1. The predicted molar refractivity (Wildman–Crippen MR) is 75.5 cm³/mol. The number of hydrogen-bond acceptors (Lipinski definition) is 3. The Bertz CT molecular complexity index is 335. The fraction of sp³-hybridized carbons (Fsp3) is 0.857. The molecule has 114 valence electrons. The fourth-order valence-corrected chi connectivity index (χ4v) is 2.90. The second-order valence-corrected chi connectivity index (χ2v) is 5.56. The van der Waals surface area contributed by atoms with Crippen LogP contribution in [0.1, 0.15) is 45.4 Å². The van der Waals surface area contributed by atoms with Crippen LogP contribution in [-0.4, -0.2) is 48.8 Å². The molecule has 3 amide bonds. The molecule has 2 N–H and O–H groups in total. The zero-order valence-electron chi connectivity index (χ0n) is 12.2.